The van der Waals surface area contributed by atoms with Gasteiger partial charge in [0.15, 0.2) is 0 Å². The molecule has 0 radical (unpaired) electrons. The maximum atomic E-state index is 2.33. The first kappa shape index (κ1) is 8.82. The second-order valence-electron chi connectivity index (χ2n) is 3.53. The monoisotopic (exact) mass is 193 g/mol. The summed E-state index contributed by atoms with van der Waals surface area (Å²) in [6.45, 7) is 4.37. The Morgan fingerprint density at radius 3 is 3.00 bits per heavy atom. The first-order chi connectivity index (χ1) is 6.22. The molecule has 1 aromatic rings. The molecular weight excluding hydrogens is 178 g/mol. The van der Waals surface area contributed by atoms with E-state index in [1.54, 1.807) is 0 Å². The molecular formula is C11H15NS. The number of hydrogen-bond acceptors (Lipinski definition) is 2. The smallest absolute Gasteiger partial charge is 0.0987 e. The Balaban J connectivity index is 2.34. The Labute approximate surface area is 83.7 Å². The minimum atomic E-state index is 1.13. The van der Waals surface area contributed by atoms with E-state index in [0.29, 0.717) is 0 Å². The minimum absolute atomic E-state index is 1.13. The first-order valence-corrected chi connectivity index (χ1v) is 5.56. The summed E-state index contributed by atoms with van der Waals surface area (Å²) in [4.78, 5) is 3.75. The molecule has 2 heterocycles. The van der Waals surface area contributed by atoms with Gasteiger partial charge in [0, 0.05) is 24.0 Å². The van der Waals surface area contributed by atoms with Crippen LogP contribution in [-0.2, 0) is 6.42 Å². The highest BCUT2D eigenvalue weighted by Crippen LogP contribution is 2.39. The number of fused-ring (bicyclic) bond motifs is 1. The number of nitrogens with zero attached hydrogens (tertiary/aromatic N) is 1. The number of anilines is 1. The van der Waals surface area contributed by atoms with E-state index in [-0.39, 0.29) is 0 Å². The quantitative estimate of drug-likeness (QED) is 0.661. The van der Waals surface area contributed by atoms with E-state index < -0.39 is 0 Å². The van der Waals surface area contributed by atoms with Crippen molar-refractivity contribution in [2.75, 3.05) is 11.9 Å². The lowest BCUT2D eigenvalue weighted by atomic mass is 10.2. The molecule has 2 heteroatoms. The summed E-state index contributed by atoms with van der Waals surface area (Å²) in [6.07, 6.45) is 4.58. The van der Waals surface area contributed by atoms with Gasteiger partial charge in [-0.3, -0.25) is 0 Å². The predicted molar refractivity (Wildman–Crippen MR) is 59.5 cm³/mol. The number of likely N-dealkylation sites (N-methyl/N-ethyl adjacent to an activating group) is 1. The molecule has 1 nitrogen and oxygen atoms in total. The van der Waals surface area contributed by atoms with Crippen LogP contribution in [0.2, 0.25) is 0 Å². The topological polar surface area (TPSA) is 3.24 Å². The number of hydrogen-bond donors (Lipinski definition) is 0. The second-order valence-corrected chi connectivity index (χ2v) is 4.76. The summed E-state index contributed by atoms with van der Waals surface area (Å²) >= 11 is 1.90. The Morgan fingerprint density at radius 2 is 2.38 bits per heavy atom. The molecule has 0 atom stereocenters. The fraction of sp³-hybridized carbons (Fsp3) is 0.455. The van der Waals surface area contributed by atoms with Crippen molar-refractivity contribution in [3.05, 3.63) is 28.3 Å². The third-order valence-corrected chi connectivity index (χ3v) is 3.63. The van der Waals surface area contributed by atoms with Gasteiger partial charge in [0.05, 0.1) is 5.00 Å². The Hall–Kier alpha value is -0.760. The van der Waals surface area contributed by atoms with E-state index in [4.69, 9.17) is 0 Å². The number of rotatable bonds is 1. The van der Waals surface area contributed by atoms with E-state index in [1.165, 1.54) is 21.1 Å². The molecule has 1 aliphatic rings. The normalized spacial score (nSPS) is 18.4. The van der Waals surface area contributed by atoms with E-state index in [1.807, 2.05) is 11.3 Å². The van der Waals surface area contributed by atoms with Crippen molar-refractivity contribution in [2.45, 2.75) is 26.7 Å². The fourth-order valence-corrected chi connectivity index (χ4v) is 2.88. The van der Waals surface area contributed by atoms with Gasteiger partial charge in [-0.05, 0) is 25.0 Å². The predicted octanol–water partition coefficient (Wildman–Crippen LogP) is 3.34. The van der Waals surface area contributed by atoms with Crippen molar-refractivity contribution < 1.29 is 0 Å². The van der Waals surface area contributed by atoms with Crippen molar-refractivity contribution in [1.82, 2.24) is 0 Å². The van der Waals surface area contributed by atoms with Crippen molar-refractivity contribution in [3.63, 3.8) is 0 Å². The maximum Gasteiger partial charge on any atom is 0.0987 e. The zero-order valence-electron chi connectivity index (χ0n) is 8.42. The lowest BCUT2D eigenvalue weighted by Crippen LogP contribution is -2.10. The molecule has 0 amide bonds. The maximum absolute atomic E-state index is 2.33. The highest BCUT2D eigenvalue weighted by Gasteiger charge is 2.22. The van der Waals surface area contributed by atoms with Crippen molar-refractivity contribution >= 4 is 16.3 Å². The van der Waals surface area contributed by atoms with Gasteiger partial charge in [-0.1, -0.05) is 13.0 Å². The Bertz CT molecular complexity index is 349. The minimum Gasteiger partial charge on any atom is -0.340 e. The molecule has 13 heavy (non-hydrogen) atoms. The van der Waals surface area contributed by atoms with Crippen LogP contribution in [0.25, 0.3) is 0 Å². The summed E-state index contributed by atoms with van der Waals surface area (Å²) in [5.41, 5.74) is 2.97. The lowest BCUT2D eigenvalue weighted by molar-refractivity contribution is 1.05. The average Bonchev–Trinajstić information content (AvgIpc) is 2.54. The molecule has 70 valence electrons. The third-order valence-electron chi connectivity index (χ3n) is 2.46. The van der Waals surface area contributed by atoms with Crippen LogP contribution in [0.1, 0.15) is 23.8 Å². The second kappa shape index (κ2) is 3.18. The fourth-order valence-electron chi connectivity index (χ4n) is 1.85. The van der Waals surface area contributed by atoms with Gasteiger partial charge in [-0.2, -0.15) is 0 Å². The highest BCUT2D eigenvalue weighted by molar-refractivity contribution is 7.16. The van der Waals surface area contributed by atoms with E-state index in [0.717, 1.165) is 12.8 Å². The van der Waals surface area contributed by atoms with Crippen LogP contribution in [0.3, 0.4) is 0 Å². The molecule has 0 aromatic carbocycles. The van der Waals surface area contributed by atoms with Gasteiger partial charge >= 0.3 is 0 Å². The molecule has 0 aliphatic carbocycles. The van der Waals surface area contributed by atoms with Crippen LogP contribution in [0, 0.1) is 6.92 Å². The van der Waals surface area contributed by atoms with E-state index in [9.17, 15) is 0 Å². The van der Waals surface area contributed by atoms with Gasteiger partial charge in [-0.15, -0.1) is 11.3 Å². The largest absolute Gasteiger partial charge is 0.340 e. The van der Waals surface area contributed by atoms with Gasteiger partial charge in [0.2, 0.25) is 0 Å². The number of thiophene rings is 1. The third kappa shape index (κ3) is 1.39. The van der Waals surface area contributed by atoms with Crippen LogP contribution in [0.5, 0.6) is 0 Å². The Kier molecular flexibility index (Phi) is 2.16. The highest BCUT2D eigenvalue weighted by atomic mass is 32.1. The van der Waals surface area contributed by atoms with Gasteiger partial charge in [0.1, 0.15) is 0 Å². The Morgan fingerprint density at radius 1 is 1.62 bits per heavy atom. The summed E-state index contributed by atoms with van der Waals surface area (Å²) in [6, 6.07) is 2.31. The molecule has 1 aromatic heterocycles. The average molecular weight is 193 g/mol. The van der Waals surface area contributed by atoms with Crippen LogP contribution < -0.4 is 4.90 Å². The molecule has 1 aliphatic heterocycles. The zero-order valence-corrected chi connectivity index (χ0v) is 9.24. The molecule has 0 spiro atoms. The number of aryl methyl sites for hydroxylation is 1. The van der Waals surface area contributed by atoms with Crippen molar-refractivity contribution in [2.24, 2.45) is 0 Å². The molecule has 0 saturated carbocycles. The lowest BCUT2D eigenvalue weighted by Gasteiger charge is -2.12. The van der Waals surface area contributed by atoms with Crippen molar-refractivity contribution in [1.29, 1.82) is 0 Å². The van der Waals surface area contributed by atoms with Crippen LogP contribution in [0.4, 0.5) is 5.00 Å². The van der Waals surface area contributed by atoms with Crippen LogP contribution in [-0.4, -0.2) is 7.05 Å². The van der Waals surface area contributed by atoms with E-state index >= 15 is 0 Å². The van der Waals surface area contributed by atoms with Crippen LogP contribution in [0.15, 0.2) is 17.8 Å². The summed E-state index contributed by atoms with van der Waals surface area (Å²) in [5.74, 6) is 0. The molecule has 0 N–H and O–H groups in total. The molecule has 0 fully saturated rings. The molecule has 0 saturated heterocycles. The van der Waals surface area contributed by atoms with Gasteiger partial charge in [-0.25, -0.2) is 0 Å². The molecule has 0 unspecified atom stereocenters. The SMILES string of the molecule is CC/C=C1\Cc2cc(C)sc2N1C. The number of allylic oxidation sites excluding steroid dienone is 2. The molecule has 0 bridgehead atoms. The summed E-state index contributed by atoms with van der Waals surface area (Å²) in [7, 11) is 2.17. The van der Waals surface area contributed by atoms with Gasteiger partial charge in [0.25, 0.3) is 0 Å². The first-order valence-electron chi connectivity index (χ1n) is 4.74. The molecule has 2 rings (SSSR count). The van der Waals surface area contributed by atoms with Crippen molar-refractivity contribution in [3.8, 4) is 0 Å². The standard InChI is InChI=1S/C11H15NS/c1-4-5-10-7-9-6-8(2)13-11(9)12(10)3/h5-6H,4,7H2,1-3H3/b10-5+. The summed E-state index contributed by atoms with van der Waals surface area (Å²) in [5, 5.41) is 1.44. The van der Waals surface area contributed by atoms with Gasteiger partial charge < -0.3 is 4.90 Å². The van der Waals surface area contributed by atoms with E-state index in [2.05, 4.69) is 37.9 Å². The zero-order chi connectivity index (χ0) is 9.42. The van der Waals surface area contributed by atoms with Crippen LogP contribution >= 0.6 is 11.3 Å². The summed E-state index contributed by atoms with van der Waals surface area (Å²) < 4.78 is 0.